The van der Waals surface area contributed by atoms with Gasteiger partial charge in [-0.2, -0.15) is 0 Å². The van der Waals surface area contributed by atoms with E-state index in [0.717, 1.165) is 5.75 Å². The van der Waals surface area contributed by atoms with Crippen molar-refractivity contribution in [3.05, 3.63) is 72.8 Å². The molecule has 0 amide bonds. The highest BCUT2D eigenvalue weighted by Gasteiger charge is 2.00. The Morgan fingerprint density at radius 2 is 0.864 bits per heavy atom. The van der Waals surface area contributed by atoms with Crippen molar-refractivity contribution in [1.82, 2.24) is 0 Å². The molecule has 3 rings (SSSR count). The van der Waals surface area contributed by atoms with E-state index in [0.29, 0.717) is 22.9 Å². The van der Waals surface area contributed by atoms with Crippen molar-refractivity contribution in [3.8, 4) is 28.7 Å². The first-order valence-corrected chi connectivity index (χ1v) is 6.79. The van der Waals surface area contributed by atoms with Gasteiger partial charge >= 0.3 is 0 Å². The van der Waals surface area contributed by atoms with Gasteiger partial charge in [-0.3, -0.25) is 0 Å². The Morgan fingerprint density at radius 1 is 0.545 bits per heavy atom. The summed E-state index contributed by atoms with van der Waals surface area (Å²) >= 11 is 0. The number of ether oxygens (including phenoxy) is 2. The van der Waals surface area contributed by atoms with Crippen LogP contribution in [0.3, 0.4) is 0 Å². The molecular weight excluding hydrogens is 278 g/mol. The van der Waals surface area contributed by atoms with Crippen molar-refractivity contribution in [2.75, 3.05) is 5.73 Å². The van der Waals surface area contributed by atoms with Gasteiger partial charge in [0.2, 0.25) is 0 Å². The van der Waals surface area contributed by atoms with Crippen LogP contribution in [-0.4, -0.2) is 5.11 Å². The van der Waals surface area contributed by atoms with Crippen LogP contribution in [-0.2, 0) is 0 Å². The average Bonchev–Trinajstić information content (AvgIpc) is 2.54. The van der Waals surface area contributed by atoms with Crippen LogP contribution in [0.15, 0.2) is 72.8 Å². The van der Waals surface area contributed by atoms with E-state index < -0.39 is 0 Å². The van der Waals surface area contributed by atoms with E-state index in [-0.39, 0.29) is 5.75 Å². The fraction of sp³-hybridized carbons (Fsp3) is 0. The standard InChI is InChI=1S/C18H15NO3/c19-13-1-5-15(6-2-13)21-17-9-11-18(12-10-17)22-16-7-3-14(20)4-8-16/h1-12,20H,19H2. The molecule has 0 aromatic heterocycles. The molecule has 0 saturated carbocycles. The Morgan fingerprint density at radius 3 is 1.27 bits per heavy atom. The molecule has 0 unspecified atom stereocenters. The summed E-state index contributed by atoms with van der Waals surface area (Å²) in [5.41, 5.74) is 6.33. The molecule has 3 aromatic carbocycles. The molecule has 0 radical (unpaired) electrons. The number of phenolic OH excluding ortho intramolecular Hbond substituents is 1. The van der Waals surface area contributed by atoms with Crippen LogP contribution >= 0.6 is 0 Å². The predicted octanol–water partition coefficient (Wildman–Crippen LogP) is 4.56. The van der Waals surface area contributed by atoms with Gasteiger partial charge in [0.1, 0.15) is 28.7 Å². The summed E-state index contributed by atoms with van der Waals surface area (Å²) in [5, 5.41) is 9.24. The summed E-state index contributed by atoms with van der Waals surface area (Å²) < 4.78 is 11.4. The Balaban J connectivity index is 1.67. The zero-order valence-corrected chi connectivity index (χ0v) is 11.8. The highest BCUT2D eigenvalue weighted by molar-refractivity contribution is 5.44. The highest BCUT2D eigenvalue weighted by atomic mass is 16.5. The van der Waals surface area contributed by atoms with Crippen LogP contribution in [0.25, 0.3) is 0 Å². The zero-order chi connectivity index (χ0) is 15.4. The number of rotatable bonds is 4. The number of aromatic hydroxyl groups is 1. The van der Waals surface area contributed by atoms with Gasteiger partial charge < -0.3 is 20.3 Å². The summed E-state index contributed by atoms with van der Waals surface area (Å²) in [6.07, 6.45) is 0. The van der Waals surface area contributed by atoms with E-state index in [1.807, 2.05) is 36.4 Å². The van der Waals surface area contributed by atoms with Gasteiger partial charge in [-0.15, -0.1) is 0 Å². The number of nitrogen functional groups attached to an aromatic ring is 1. The molecule has 0 spiro atoms. The molecule has 0 aliphatic carbocycles. The lowest BCUT2D eigenvalue weighted by atomic mass is 10.3. The van der Waals surface area contributed by atoms with Crippen LogP contribution < -0.4 is 15.2 Å². The van der Waals surface area contributed by atoms with E-state index in [1.54, 1.807) is 36.4 Å². The molecule has 3 aromatic rings. The van der Waals surface area contributed by atoms with Crippen molar-refractivity contribution in [2.45, 2.75) is 0 Å². The monoisotopic (exact) mass is 293 g/mol. The third-order valence-corrected chi connectivity index (χ3v) is 3.01. The van der Waals surface area contributed by atoms with E-state index >= 15 is 0 Å². The molecule has 0 atom stereocenters. The normalized spacial score (nSPS) is 10.2. The second-order valence-corrected chi connectivity index (χ2v) is 4.74. The second kappa shape index (κ2) is 6.10. The van der Waals surface area contributed by atoms with Crippen LogP contribution in [0.5, 0.6) is 28.7 Å². The molecule has 4 nitrogen and oxygen atoms in total. The number of nitrogens with two attached hydrogens (primary N) is 1. The summed E-state index contributed by atoms with van der Waals surface area (Å²) in [6, 6.07) is 21.1. The maximum absolute atomic E-state index is 9.24. The van der Waals surface area contributed by atoms with Gasteiger partial charge in [0.05, 0.1) is 0 Å². The van der Waals surface area contributed by atoms with Crippen molar-refractivity contribution in [1.29, 1.82) is 0 Å². The summed E-state index contributed by atoms with van der Waals surface area (Å²) in [7, 11) is 0. The number of benzene rings is 3. The molecule has 110 valence electrons. The van der Waals surface area contributed by atoms with Gasteiger partial charge in [0.25, 0.3) is 0 Å². The van der Waals surface area contributed by atoms with E-state index in [9.17, 15) is 5.11 Å². The minimum atomic E-state index is 0.208. The maximum Gasteiger partial charge on any atom is 0.127 e. The molecule has 22 heavy (non-hydrogen) atoms. The third kappa shape index (κ3) is 3.49. The first-order chi connectivity index (χ1) is 10.7. The fourth-order valence-corrected chi connectivity index (χ4v) is 1.90. The molecular formula is C18H15NO3. The summed E-state index contributed by atoms with van der Waals surface area (Å²) in [6.45, 7) is 0. The maximum atomic E-state index is 9.24. The third-order valence-electron chi connectivity index (χ3n) is 3.01. The Bertz CT molecular complexity index is 668. The Kier molecular flexibility index (Phi) is 3.83. The number of hydrogen-bond donors (Lipinski definition) is 2. The van der Waals surface area contributed by atoms with Crippen molar-refractivity contribution < 1.29 is 14.6 Å². The lowest BCUT2D eigenvalue weighted by Crippen LogP contribution is -1.87. The molecule has 0 bridgehead atoms. The van der Waals surface area contributed by atoms with Gasteiger partial charge in [0, 0.05) is 5.69 Å². The molecule has 0 aliphatic heterocycles. The SMILES string of the molecule is Nc1ccc(Oc2ccc(Oc3ccc(O)cc3)cc2)cc1. The molecule has 3 N–H and O–H groups in total. The Hall–Kier alpha value is -3.14. The number of anilines is 1. The van der Waals surface area contributed by atoms with Crippen molar-refractivity contribution in [3.63, 3.8) is 0 Å². The number of hydrogen-bond acceptors (Lipinski definition) is 4. The van der Waals surface area contributed by atoms with Crippen molar-refractivity contribution in [2.24, 2.45) is 0 Å². The van der Waals surface area contributed by atoms with Crippen LogP contribution in [0.4, 0.5) is 5.69 Å². The second-order valence-electron chi connectivity index (χ2n) is 4.74. The largest absolute Gasteiger partial charge is 0.508 e. The van der Waals surface area contributed by atoms with E-state index in [1.165, 1.54) is 0 Å². The van der Waals surface area contributed by atoms with Gasteiger partial charge in [-0.05, 0) is 72.8 Å². The van der Waals surface area contributed by atoms with Crippen LogP contribution in [0.2, 0.25) is 0 Å². The fourth-order valence-electron chi connectivity index (χ4n) is 1.90. The Labute approximate surface area is 128 Å². The lowest BCUT2D eigenvalue weighted by molar-refractivity contribution is 0.461. The molecule has 4 heteroatoms. The topological polar surface area (TPSA) is 64.7 Å². The summed E-state index contributed by atoms with van der Waals surface area (Å²) in [4.78, 5) is 0. The number of phenols is 1. The lowest BCUT2D eigenvalue weighted by Gasteiger charge is -2.08. The van der Waals surface area contributed by atoms with E-state index in [2.05, 4.69) is 0 Å². The minimum absolute atomic E-state index is 0.208. The first kappa shape index (κ1) is 13.8. The van der Waals surface area contributed by atoms with Gasteiger partial charge in [-0.25, -0.2) is 0 Å². The predicted molar refractivity (Wildman–Crippen MR) is 85.6 cm³/mol. The van der Waals surface area contributed by atoms with Crippen LogP contribution in [0.1, 0.15) is 0 Å². The average molecular weight is 293 g/mol. The quantitative estimate of drug-likeness (QED) is 0.692. The molecule has 0 fully saturated rings. The smallest absolute Gasteiger partial charge is 0.127 e. The van der Waals surface area contributed by atoms with Gasteiger partial charge in [0.15, 0.2) is 0 Å². The van der Waals surface area contributed by atoms with Crippen LogP contribution in [0, 0.1) is 0 Å². The van der Waals surface area contributed by atoms with Gasteiger partial charge in [-0.1, -0.05) is 0 Å². The highest BCUT2D eigenvalue weighted by Crippen LogP contribution is 2.27. The first-order valence-electron chi connectivity index (χ1n) is 6.79. The minimum Gasteiger partial charge on any atom is -0.508 e. The summed E-state index contributed by atoms with van der Waals surface area (Å²) in [5.74, 6) is 2.99. The molecule has 0 heterocycles. The zero-order valence-electron chi connectivity index (χ0n) is 11.8. The molecule has 0 aliphatic rings. The van der Waals surface area contributed by atoms with Crippen molar-refractivity contribution >= 4 is 5.69 Å². The van der Waals surface area contributed by atoms with E-state index in [4.69, 9.17) is 15.2 Å². The molecule has 0 saturated heterocycles.